The molecule has 8 nitrogen and oxygen atoms in total. The van der Waals surface area contributed by atoms with Crippen LogP contribution in [0.3, 0.4) is 0 Å². The zero-order chi connectivity index (χ0) is 22.6. The molecule has 32 heavy (non-hydrogen) atoms. The summed E-state index contributed by atoms with van der Waals surface area (Å²) < 4.78 is 25.8. The number of halogens is 2. The van der Waals surface area contributed by atoms with Crippen molar-refractivity contribution in [3.05, 3.63) is 47.5 Å². The summed E-state index contributed by atoms with van der Waals surface area (Å²) in [6.07, 6.45) is 0.937. The standard InChI is InChI=1S/C22H21ClFN5O3/c1-12-22(9-28(12)2)10-29(21(30)32-22)17-7-13-16(8-18(17)31-3)25-11-26-20(13)27-15-6-4-5-14(23)19(15)24/h4-8,11-12H,9-10H2,1-3H3,(H,25,26,27). The minimum absolute atomic E-state index is 0.000386. The Bertz CT molecular complexity index is 1240. The highest BCUT2D eigenvalue weighted by Crippen LogP contribution is 2.43. The maximum Gasteiger partial charge on any atom is 0.415 e. The van der Waals surface area contributed by atoms with Gasteiger partial charge in [0.05, 0.1) is 35.6 Å². The lowest BCUT2D eigenvalue weighted by Gasteiger charge is -2.50. The molecule has 2 saturated heterocycles. The zero-order valence-corrected chi connectivity index (χ0v) is 18.5. The van der Waals surface area contributed by atoms with E-state index in [1.54, 1.807) is 29.2 Å². The van der Waals surface area contributed by atoms with Gasteiger partial charge >= 0.3 is 6.09 Å². The predicted octanol–water partition coefficient (Wildman–Crippen LogP) is 4.20. The number of amides is 1. The maximum atomic E-state index is 14.5. The van der Waals surface area contributed by atoms with Crippen molar-refractivity contribution in [1.82, 2.24) is 14.9 Å². The van der Waals surface area contributed by atoms with Crippen LogP contribution in [-0.2, 0) is 4.74 Å². The molecular weight excluding hydrogens is 437 g/mol. The Labute approximate surface area is 188 Å². The zero-order valence-electron chi connectivity index (χ0n) is 17.7. The topological polar surface area (TPSA) is 79.8 Å². The molecule has 0 bridgehead atoms. The molecule has 3 aromatic rings. The molecule has 1 amide bonds. The first-order chi connectivity index (χ1) is 15.3. The van der Waals surface area contributed by atoms with Gasteiger partial charge in [0.25, 0.3) is 0 Å². The van der Waals surface area contributed by atoms with Crippen molar-refractivity contribution >= 4 is 45.8 Å². The van der Waals surface area contributed by atoms with Crippen molar-refractivity contribution in [3.63, 3.8) is 0 Å². The molecule has 2 aliphatic rings. The molecule has 1 spiro atoms. The number of anilines is 3. The van der Waals surface area contributed by atoms with Crippen molar-refractivity contribution in [1.29, 1.82) is 0 Å². The highest BCUT2D eigenvalue weighted by Gasteiger charge is 2.58. The summed E-state index contributed by atoms with van der Waals surface area (Å²) >= 11 is 5.91. The van der Waals surface area contributed by atoms with E-state index >= 15 is 0 Å². The number of benzene rings is 2. The van der Waals surface area contributed by atoms with E-state index in [-0.39, 0.29) is 16.8 Å². The normalized spacial score (nSPS) is 22.8. The number of likely N-dealkylation sites (N-methyl/N-ethyl adjacent to an activating group) is 1. The molecule has 1 aromatic heterocycles. The van der Waals surface area contributed by atoms with Crippen LogP contribution in [0.25, 0.3) is 10.9 Å². The molecule has 0 radical (unpaired) electrons. The third-order valence-corrected chi connectivity index (χ3v) is 6.60. The smallest absolute Gasteiger partial charge is 0.415 e. The lowest BCUT2D eigenvalue weighted by molar-refractivity contribution is -0.108. The molecule has 3 heterocycles. The fraction of sp³-hybridized carbons (Fsp3) is 0.318. The Morgan fingerprint density at radius 2 is 2.12 bits per heavy atom. The minimum Gasteiger partial charge on any atom is -0.494 e. The van der Waals surface area contributed by atoms with Crippen LogP contribution in [0, 0.1) is 5.82 Å². The number of rotatable bonds is 4. The SMILES string of the molecule is COc1cc2ncnc(Nc3cccc(Cl)c3F)c2cc1N1CC2(CN(C)C2C)OC1=O. The molecule has 2 aliphatic heterocycles. The van der Waals surface area contributed by atoms with Crippen LogP contribution >= 0.6 is 11.6 Å². The second-order valence-corrected chi connectivity index (χ2v) is 8.51. The molecule has 166 valence electrons. The number of carbonyl (C=O) groups is 1. The van der Waals surface area contributed by atoms with Gasteiger partial charge in [-0.05, 0) is 32.2 Å². The van der Waals surface area contributed by atoms with Crippen LogP contribution in [0.1, 0.15) is 6.92 Å². The van der Waals surface area contributed by atoms with Crippen molar-refractivity contribution in [2.75, 3.05) is 37.5 Å². The van der Waals surface area contributed by atoms with Crippen LogP contribution in [0.4, 0.5) is 26.4 Å². The predicted molar refractivity (Wildman–Crippen MR) is 119 cm³/mol. The summed E-state index contributed by atoms with van der Waals surface area (Å²) in [5.41, 5.74) is 0.739. The van der Waals surface area contributed by atoms with E-state index in [1.165, 1.54) is 19.5 Å². The highest BCUT2D eigenvalue weighted by atomic mass is 35.5. The summed E-state index contributed by atoms with van der Waals surface area (Å²) in [7, 11) is 3.52. The largest absolute Gasteiger partial charge is 0.494 e. The summed E-state index contributed by atoms with van der Waals surface area (Å²) in [5.74, 6) is 0.271. The van der Waals surface area contributed by atoms with Gasteiger partial charge in [0.1, 0.15) is 17.9 Å². The third-order valence-electron chi connectivity index (χ3n) is 6.31. The number of methoxy groups -OCH3 is 1. The molecule has 2 atom stereocenters. The van der Waals surface area contributed by atoms with Crippen LogP contribution in [0.2, 0.25) is 5.02 Å². The number of nitrogens with zero attached hydrogens (tertiary/aromatic N) is 4. The van der Waals surface area contributed by atoms with Gasteiger partial charge in [-0.2, -0.15) is 0 Å². The molecular formula is C22H21ClFN5O3. The van der Waals surface area contributed by atoms with Gasteiger partial charge in [-0.15, -0.1) is 0 Å². The van der Waals surface area contributed by atoms with E-state index in [1.807, 2.05) is 14.0 Å². The Hall–Kier alpha value is -3.17. The highest BCUT2D eigenvalue weighted by molar-refractivity contribution is 6.31. The summed E-state index contributed by atoms with van der Waals surface area (Å²) in [6.45, 7) is 3.10. The van der Waals surface area contributed by atoms with Crippen LogP contribution in [-0.4, -0.2) is 59.9 Å². The second-order valence-electron chi connectivity index (χ2n) is 8.10. The lowest BCUT2D eigenvalue weighted by atomic mass is 9.85. The number of aromatic nitrogens is 2. The number of hydrogen-bond acceptors (Lipinski definition) is 7. The quantitative estimate of drug-likeness (QED) is 0.628. The van der Waals surface area contributed by atoms with E-state index in [0.717, 1.165) is 0 Å². The molecule has 0 saturated carbocycles. The number of likely N-dealkylation sites (tertiary alicyclic amines) is 1. The third kappa shape index (κ3) is 3.11. The van der Waals surface area contributed by atoms with Gasteiger partial charge < -0.3 is 14.8 Å². The van der Waals surface area contributed by atoms with Crippen molar-refractivity contribution in [2.24, 2.45) is 0 Å². The monoisotopic (exact) mass is 457 g/mol. The Morgan fingerprint density at radius 1 is 1.31 bits per heavy atom. The van der Waals surface area contributed by atoms with E-state index < -0.39 is 17.5 Å². The molecule has 5 rings (SSSR count). The fourth-order valence-electron chi connectivity index (χ4n) is 4.33. The second kappa shape index (κ2) is 7.46. The fourth-order valence-corrected chi connectivity index (χ4v) is 4.51. The van der Waals surface area contributed by atoms with E-state index in [4.69, 9.17) is 21.1 Å². The molecule has 2 unspecified atom stereocenters. The van der Waals surface area contributed by atoms with Crippen LogP contribution in [0.5, 0.6) is 5.75 Å². The number of hydrogen-bond donors (Lipinski definition) is 1. The van der Waals surface area contributed by atoms with E-state index in [0.29, 0.717) is 41.2 Å². The minimum atomic E-state index is -0.581. The Kier molecular flexibility index (Phi) is 4.83. The van der Waals surface area contributed by atoms with E-state index in [9.17, 15) is 9.18 Å². The number of ether oxygens (including phenoxy) is 2. The van der Waals surface area contributed by atoms with Gasteiger partial charge in [-0.1, -0.05) is 17.7 Å². The van der Waals surface area contributed by atoms with Crippen molar-refractivity contribution < 1.29 is 18.7 Å². The van der Waals surface area contributed by atoms with Gasteiger partial charge in [-0.25, -0.2) is 19.2 Å². The van der Waals surface area contributed by atoms with Crippen molar-refractivity contribution in [2.45, 2.75) is 18.6 Å². The average Bonchev–Trinajstić information content (AvgIpc) is 3.14. The number of nitrogens with one attached hydrogen (secondary N) is 1. The maximum absolute atomic E-state index is 14.5. The molecule has 0 aliphatic carbocycles. The van der Waals surface area contributed by atoms with Gasteiger partial charge in [0, 0.05) is 24.0 Å². The first kappa shape index (κ1) is 20.7. The molecule has 2 fully saturated rings. The molecule has 2 aromatic carbocycles. The Balaban J connectivity index is 1.57. The average molecular weight is 458 g/mol. The van der Waals surface area contributed by atoms with Crippen LogP contribution in [0.15, 0.2) is 36.7 Å². The summed E-state index contributed by atoms with van der Waals surface area (Å²) in [4.78, 5) is 25.1. The summed E-state index contributed by atoms with van der Waals surface area (Å²) in [5, 5.41) is 3.57. The van der Waals surface area contributed by atoms with Gasteiger partial charge in [0.2, 0.25) is 0 Å². The first-order valence-electron chi connectivity index (χ1n) is 10.1. The van der Waals surface area contributed by atoms with E-state index in [2.05, 4.69) is 20.2 Å². The van der Waals surface area contributed by atoms with Crippen LogP contribution < -0.4 is 15.0 Å². The summed E-state index contributed by atoms with van der Waals surface area (Å²) in [6, 6.07) is 8.26. The first-order valence-corrected chi connectivity index (χ1v) is 10.5. The Morgan fingerprint density at radius 3 is 2.84 bits per heavy atom. The lowest BCUT2D eigenvalue weighted by Crippen LogP contribution is -2.68. The van der Waals surface area contributed by atoms with Crippen molar-refractivity contribution in [3.8, 4) is 5.75 Å². The van der Waals surface area contributed by atoms with Gasteiger partial charge in [0.15, 0.2) is 11.4 Å². The molecule has 1 N–H and O–H groups in total. The number of fused-ring (bicyclic) bond motifs is 1. The molecule has 10 heteroatoms. The number of carbonyl (C=O) groups excluding carboxylic acids is 1. The van der Waals surface area contributed by atoms with Gasteiger partial charge in [-0.3, -0.25) is 9.80 Å².